The van der Waals surface area contributed by atoms with E-state index in [0.29, 0.717) is 78.2 Å². The molecule has 2 atom stereocenters. The van der Waals surface area contributed by atoms with Crippen LogP contribution in [0.15, 0.2) is 34.0 Å². The second kappa shape index (κ2) is 16.8. The maximum absolute atomic E-state index is 13.3. The van der Waals surface area contributed by atoms with E-state index in [2.05, 4.69) is 45.0 Å². The summed E-state index contributed by atoms with van der Waals surface area (Å²) in [5.41, 5.74) is 1.43. The van der Waals surface area contributed by atoms with Crippen molar-refractivity contribution in [3.63, 3.8) is 0 Å². The first kappa shape index (κ1) is 37.3. The summed E-state index contributed by atoms with van der Waals surface area (Å²) >= 11 is 4.59. The molecule has 1 saturated heterocycles. The third-order valence-corrected chi connectivity index (χ3v) is 9.33. The van der Waals surface area contributed by atoms with Crippen LogP contribution in [0, 0.1) is 0 Å². The van der Waals surface area contributed by atoms with E-state index in [4.69, 9.17) is 14.2 Å². The van der Waals surface area contributed by atoms with Crippen LogP contribution in [0.1, 0.15) is 47.0 Å². The van der Waals surface area contributed by atoms with Crippen LogP contribution in [0.2, 0.25) is 0 Å². The lowest BCUT2D eigenvalue weighted by Gasteiger charge is -2.37. The van der Waals surface area contributed by atoms with E-state index in [0.717, 1.165) is 11.7 Å². The number of rotatable bonds is 13. The molecule has 0 aliphatic carbocycles. The lowest BCUT2D eigenvalue weighted by Crippen LogP contribution is -2.50. The summed E-state index contributed by atoms with van der Waals surface area (Å²) < 4.78 is 25.9. The first-order valence-electron chi connectivity index (χ1n) is 16.4. The number of guanidine groups is 1. The average molecular weight is 777 g/mol. The second-order valence-electron chi connectivity index (χ2n) is 12.8. The normalized spacial score (nSPS) is 16.2. The van der Waals surface area contributed by atoms with Crippen LogP contribution < -0.4 is 15.0 Å². The number of hydrogen-bond acceptors (Lipinski definition) is 15. The monoisotopic (exact) mass is 775 g/mol. The average Bonchev–Trinajstić information content (AvgIpc) is 3.77. The molecule has 2 aliphatic rings. The molecular weight excluding hydrogens is 734 g/mol. The van der Waals surface area contributed by atoms with E-state index in [1.807, 2.05) is 37.8 Å². The molecule has 3 aromatic rings. The van der Waals surface area contributed by atoms with Gasteiger partial charge in [0.1, 0.15) is 18.2 Å². The molecule has 0 radical (unpaired) electrons. The molecule has 1 unspecified atom stereocenters. The van der Waals surface area contributed by atoms with E-state index in [9.17, 15) is 19.5 Å². The van der Waals surface area contributed by atoms with Crippen molar-refractivity contribution in [2.75, 3.05) is 62.8 Å². The summed E-state index contributed by atoms with van der Waals surface area (Å²) in [5.74, 6) is 0.0523. The fourth-order valence-electron chi connectivity index (χ4n) is 5.46. The molecule has 2 aromatic heterocycles. The van der Waals surface area contributed by atoms with Gasteiger partial charge in [0.2, 0.25) is 17.7 Å². The molecule has 2 N–H and O–H groups in total. The Labute approximate surface area is 302 Å². The summed E-state index contributed by atoms with van der Waals surface area (Å²) in [4.78, 5) is 57.4. The van der Waals surface area contributed by atoms with Gasteiger partial charge < -0.3 is 34.4 Å². The van der Waals surface area contributed by atoms with Crippen LogP contribution in [0.25, 0.3) is 11.0 Å². The second-order valence-corrected chi connectivity index (χ2v) is 14.1. The fraction of sp³-hybridized carbons (Fsp3) is 0.562. The third kappa shape index (κ3) is 9.41. The number of ether oxygens (including phenoxy) is 3. The van der Waals surface area contributed by atoms with Gasteiger partial charge in [0, 0.05) is 50.4 Å². The van der Waals surface area contributed by atoms with Gasteiger partial charge in [-0.05, 0) is 62.2 Å². The molecular formula is C32H42BrN9O7S. The van der Waals surface area contributed by atoms with Crippen LogP contribution in [0.3, 0.4) is 0 Å². The number of β-amino-alcohol motifs (C(OH)–C–C–N with tert-alkyl or cyclic N) is 1. The summed E-state index contributed by atoms with van der Waals surface area (Å²) in [7, 11) is 0. The van der Waals surface area contributed by atoms with Gasteiger partial charge in [0.25, 0.3) is 11.8 Å². The highest BCUT2D eigenvalue weighted by Crippen LogP contribution is 2.30. The Hall–Kier alpha value is -4.00. The third-order valence-electron chi connectivity index (χ3n) is 8.03. The zero-order chi connectivity index (χ0) is 35.8. The van der Waals surface area contributed by atoms with Crippen molar-refractivity contribution in [1.29, 1.82) is 0 Å². The van der Waals surface area contributed by atoms with Gasteiger partial charge in [-0.2, -0.15) is 4.37 Å². The highest BCUT2D eigenvalue weighted by molar-refractivity contribution is 9.10. The number of aromatic nitrogens is 4. The predicted molar refractivity (Wildman–Crippen MR) is 190 cm³/mol. The van der Waals surface area contributed by atoms with Crippen molar-refractivity contribution >= 4 is 73.9 Å². The number of carbonyl (C=O) groups is 3. The van der Waals surface area contributed by atoms with Gasteiger partial charge in [-0.15, -0.1) is 4.37 Å². The number of nitrogens with zero attached hydrogens (tertiary/aromatic N) is 8. The molecule has 18 heteroatoms. The molecule has 50 heavy (non-hydrogen) atoms. The molecule has 0 saturated carbocycles. The first-order chi connectivity index (χ1) is 23.9. The Balaban J connectivity index is 1.07. The number of morpholine rings is 1. The number of aliphatic imine (C=N–C) groups is 1. The summed E-state index contributed by atoms with van der Waals surface area (Å²) in [5, 5.41) is 14.0. The maximum Gasteiger partial charge on any atom is 0.306 e. The minimum atomic E-state index is -1.06. The Morgan fingerprint density at radius 3 is 2.64 bits per heavy atom. The number of benzene rings is 1. The van der Waals surface area contributed by atoms with E-state index < -0.39 is 29.6 Å². The molecule has 16 nitrogen and oxygen atoms in total. The summed E-state index contributed by atoms with van der Waals surface area (Å²) in [6, 6.07) is 3.63. The number of nitrogens with one attached hydrogen (secondary N) is 1. The van der Waals surface area contributed by atoms with Gasteiger partial charge >= 0.3 is 5.97 Å². The number of fused-ring (bicyclic) bond motifs is 1. The topological polar surface area (TPSA) is 185 Å². The van der Waals surface area contributed by atoms with Gasteiger partial charge in [0.05, 0.1) is 53.7 Å². The molecule has 2 amide bonds. The zero-order valence-corrected chi connectivity index (χ0v) is 30.9. The molecule has 270 valence electrons. The van der Waals surface area contributed by atoms with Crippen molar-refractivity contribution in [3.05, 3.63) is 29.0 Å². The minimum absolute atomic E-state index is 0.0275. The number of esters is 1. The van der Waals surface area contributed by atoms with Gasteiger partial charge in [-0.3, -0.25) is 34.2 Å². The molecule has 0 spiro atoms. The smallest absolute Gasteiger partial charge is 0.306 e. The van der Waals surface area contributed by atoms with Crippen LogP contribution >= 0.6 is 27.7 Å². The number of hydrogen-bond donors (Lipinski definition) is 2. The van der Waals surface area contributed by atoms with Gasteiger partial charge in [-0.25, -0.2) is 0 Å². The Morgan fingerprint density at radius 2 is 1.88 bits per heavy atom. The molecule has 0 bridgehead atoms. The minimum Gasteiger partial charge on any atom is -0.472 e. The summed E-state index contributed by atoms with van der Waals surface area (Å²) in [6.07, 6.45) is 1.36. The lowest BCUT2D eigenvalue weighted by molar-refractivity contribution is -0.157. The molecule has 1 aromatic carbocycles. The van der Waals surface area contributed by atoms with Crippen LogP contribution in [0.5, 0.6) is 5.88 Å². The van der Waals surface area contributed by atoms with Crippen molar-refractivity contribution in [3.8, 4) is 5.88 Å². The number of amides is 2. The molecule has 1 fully saturated rings. The highest BCUT2D eigenvalue weighted by Gasteiger charge is 2.32. The summed E-state index contributed by atoms with van der Waals surface area (Å²) in [6.45, 7) is 10.3. The number of aliphatic hydroxyl groups excluding tert-OH is 1. The quantitative estimate of drug-likeness (QED) is 0.242. The van der Waals surface area contributed by atoms with Gasteiger partial charge in [-0.1, -0.05) is 0 Å². The SMILES string of the molecule is CC(OC(=O)CCCC(=O)N(C[C@H](O)COc1nsnc1N1CCOCC1)C(C)(C)C)C(=O)N1CCN=C1Nc1ccc2nccnc2c1Br. The predicted octanol–water partition coefficient (Wildman–Crippen LogP) is 2.86. The lowest BCUT2D eigenvalue weighted by atomic mass is 10.0. The van der Waals surface area contributed by atoms with Crippen molar-refractivity contribution < 1.29 is 33.7 Å². The number of carbonyl (C=O) groups excluding carboxylic acids is 3. The van der Waals surface area contributed by atoms with Crippen molar-refractivity contribution in [1.82, 2.24) is 28.5 Å². The molecule has 5 rings (SSSR count). The van der Waals surface area contributed by atoms with Crippen LogP contribution in [0.4, 0.5) is 11.5 Å². The van der Waals surface area contributed by atoms with E-state index in [1.165, 1.54) is 11.8 Å². The highest BCUT2D eigenvalue weighted by atomic mass is 79.9. The Morgan fingerprint density at radius 1 is 1.12 bits per heavy atom. The molecule has 2 aliphatic heterocycles. The van der Waals surface area contributed by atoms with E-state index in [-0.39, 0.29) is 38.3 Å². The van der Waals surface area contributed by atoms with Crippen LogP contribution in [-0.2, 0) is 23.9 Å². The number of halogens is 1. The largest absolute Gasteiger partial charge is 0.472 e. The van der Waals surface area contributed by atoms with Crippen LogP contribution in [-0.4, -0.2) is 128 Å². The maximum atomic E-state index is 13.3. The van der Waals surface area contributed by atoms with E-state index in [1.54, 1.807) is 17.3 Å². The zero-order valence-electron chi connectivity index (χ0n) is 28.5. The van der Waals surface area contributed by atoms with Gasteiger partial charge in [0.15, 0.2) is 6.10 Å². The Kier molecular flexibility index (Phi) is 12.5. The number of anilines is 2. The fourth-order valence-corrected chi connectivity index (χ4v) is 6.51. The van der Waals surface area contributed by atoms with E-state index >= 15 is 0 Å². The Bertz CT molecular complexity index is 1700. The standard InChI is InChI=1S/C32H42BrN9O7S/c1-20(30(46)41-13-12-36-31(41)37-22-8-9-23-27(26(22)33)35-11-10-34-23)49-25(45)7-5-6-24(44)42(32(2,3)4)18-21(43)19-48-29-28(38-50-39-29)40-14-16-47-17-15-40/h8-11,20-21,43H,5-7,12-19H2,1-4H3,(H,36,37)/t20?,21-/m0/s1. The van der Waals surface area contributed by atoms with Crippen molar-refractivity contribution in [2.24, 2.45) is 4.99 Å². The number of aliphatic hydroxyl groups is 1. The molecule has 4 heterocycles. The van der Waals surface area contributed by atoms with Crippen molar-refractivity contribution in [2.45, 2.75) is 64.7 Å². The first-order valence-corrected chi connectivity index (χ1v) is 17.9.